The van der Waals surface area contributed by atoms with Gasteiger partial charge in [0.15, 0.2) is 5.78 Å². The Morgan fingerprint density at radius 1 is 1.00 bits per heavy atom. The van der Waals surface area contributed by atoms with Crippen molar-refractivity contribution in [3.8, 4) is 10.4 Å². The maximum Gasteiger partial charge on any atom is 0.177 e. The van der Waals surface area contributed by atoms with Crippen molar-refractivity contribution in [3.05, 3.63) is 76.4 Å². The number of thiophene rings is 1. The van der Waals surface area contributed by atoms with Crippen LogP contribution in [0.4, 0.5) is 0 Å². The Hall–Kier alpha value is -2.26. The van der Waals surface area contributed by atoms with Crippen molar-refractivity contribution in [1.29, 1.82) is 0 Å². The Kier molecular flexibility index (Phi) is 4.16. The molecule has 0 radical (unpaired) electrons. The molecule has 3 heteroatoms. The molecule has 0 bridgehead atoms. The number of aryl methyl sites for hydroxylation is 2. The summed E-state index contributed by atoms with van der Waals surface area (Å²) in [5, 5.41) is 0. The highest BCUT2D eigenvalue weighted by atomic mass is 32.1. The number of Topliss-reactive ketones (excluding diaryl/α,β-unsaturated/α-hetero) is 1. The van der Waals surface area contributed by atoms with Gasteiger partial charge in [0.2, 0.25) is 0 Å². The van der Waals surface area contributed by atoms with Crippen molar-refractivity contribution < 1.29 is 4.79 Å². The van der Waals surface area contributed by atoms with Gasteiger partial charge in [0.05, 0.1) is 4.88 Å². The van der Waals surface area contributed by atoms with Gasteiger partial charge in [-0.25, -0.2) is 0 Å². The molecular formula is C19H17NOS. The number of hydrogen-bond donors (Lipinski definition) is 0. The molecule has 3 rings (SSSR count). The van der Waals surface area contributed by atoms with Gasteiger partial charge in [-0.05, 0) is 60.4 Å². The number of hydrogen-bond acceptors (Lipinski definition) is 3. The van der Waals surface area contributed by atoms with E-state index in [9.17, 15) is 4.79 Å². The van der Waals surface area contributed by atoms with Crippen LogP contribution in [0, 0.1) is 13.8 Å². The summed E-state index contributed by atoms with van der Waals surface area (Å²) < 4.78 is 0. The third-order valence-corrected chi connectivity index (χ3v) is 4.96. The lowest BCUT2D eigenvalue weighted by molar-refractivity contribution is 0.0997. The highest BCUT2D eigenvalue weighted by Crippen LogP contribution is 2.30. The van der Waals surface area contributed by atoms with Crippen LogP contribution in [0.2, 0.25) is 0 Å². The first-order chi connectivity index (χ1) is 10.6. The van der Waals surface area contributed by atoms with Crippen LogP contribution in [0.1, 0.15) is 26.4 Å². The van der Waals surface area contributed by atoms with Gasteiger partial charge in [-0.1, -0.05) is 18.2 Å². The number of benzene rings is 1. The van der Waals surface area contributed by atoms with Crippen LogP contribution in [0.25, 0.3) is 10.4 Å². The maximum absolute atomic E-state index is 12.4. The second-order valence-electron chi connectivity index (χ2n) is 5.42. The number of rotatable bonds is 4. The molecule has 2 heterocycles. The largest absolute Gasteiger partial charge is 0.293 e. The lowest BCUT2D eigenvalue weighted by atomic mass is 10.1. The van der Waals surface area contributed by atoms with Gasteiger partial charge in [0, 0.05) is 23.7 Å². The number of carbonyl (C=O) groups is 1. The first-order valence-electron chi connectivity index (χ1n) is 7.23. The summed E-state index contributed by atoms with van der Waals surface area (Å²) in [5.74, 6) is 0.159. The summed E-state index contributed by atoms with van der Waals surface area (Å²) >= 11 is 1.56. The van der Waals surface area contributed by atoms with E-state index in [-0.39, 0.29) is 5.78 Å². The van der Waals surface area contributed by atoms with Crippen molar-refractivity contribution >= 4 is 17.1 Å². The second kappa shape index (κ2) is 6.24. The van der Waals surface area contributed by atoms with E-state index in [0.29, 0.717) is 6.42 Å². The van der Waals surface area contributed by atoms with Gasteiger partial charge in [-0.15, -0.1) is 11.3 Å². The lowest BCUT2D eigenvalue weighted by Crippen LogP contribution is -2.00. The summed E-state index contributed by atoms with van der Waals surface area (Å²) in [6, 6.07) is 14.2. The molecule has 2 aromatic heterocycles. The van der Waals surface area contributed by atoms with Crippen LogP contribution >= 0.6 is 11.3 Å². The minimum atomic E-state index is 0.159. The SMILES string of the molecule is Cc1ccc(-c2ccc(C(=O)Cc3ccncc3)s2)cc1C. The zero-order chi connectivity index (χ0) is 15.5. The molecule has 0 saturated carbocycles. The van der Waals surface area contributed by atoms with E-state index in [4.69, 9.17) is 0 Å². The predicted molar refractivity (Wildman–Crippen MR) is 91.5 cm³/mol. The summed E-state index contributed by atoms with van der Waals surface area (Å²) in [6.07, 6.45) is 3.87. The van der Waals surface area contributed by atoms with E-state index in [1.54, 1.807) is 23.7 Å². The molecular weight excluding hydrogens is 290 g/mol. The molecule has 1 aromatic carbocycles. The van der Waals surface area contributed by atoms with Crippen molar-refractivity contribution in [2.24, 2.45) is 0 Å². The summed E-state index contributed by atoms with van der Waals surface area (Å²) in [4.78, 5) is 18.3. The highest BCUT2D eigenvalue weighted by Gasteiger charge is 2.11. The molecule has 0 aliphatic heterocycles. The third kappa shape index (κ3) is 3.15. The van der Waals surface area contributed by atoms with Crippen molar-refractivity contribution in [2.75, 3.05) is 0 Å². The van der Waals surface area contributed by atoms with Crippen molar-refractivity contribution in [3.63, 3.8) is 0 Å². The fourth-order valence-electron chi connectivity index (χ4n) is 2.31. The number of aromatic nitrogens is 1. The van der Waals surface area contributed by atoms with E-state index in [1.165, 1.54) is 16.7 Å². The summed E-state index contributed by atoms with van der Waals surface area (Å²) in [6.45, 7) is 4.22. The third-order valence-electron chi connectivity index (χ3n) is 3.79. The molecule has 0 saturated heterocycles. The molecule has 0 aliphatic rings. The molecule has 0 amide bonds. The van der Waals surface area contributed by atoms with E-state index in [0.717, 1.165) is 15.3 Å². The first kappa shape index (κ1) is 14.7. The van der Waals surface area contributed by atoms with Crippen LogP contribution in [0.3, 0.4) is 0 Å². The van der Waals surface area contributed by atoms with Crippen LogP contribution in [-0.2, 0) is 6.42 Å². The van der Waals surface area contributed by atoms with Crippen LogP contribution in [-0.4, -0.2) is 10.8 Å². The van der Waals surface area contributed by atoms with Crippen LogP contribution in [0.15, 0.2) is 54.9 Å². The fraction of sp³-hybridized carbons (Fsp3) is 0.158. The molecule has 0 N–H and O–H groups in total. The minimum Gasteiger partial charge on any atom is -0.293 e. The smallest absolute Gasteiger partial charge is 0.177 e. The number of pyridine rings is 1. The van der Waals surface area contributed by atoms with Gasteiger partial charge in [0.1, 0.15) is 0 Å². The molecule has 110 valence electrons. The Bertz CT molecular complexity index is 805. The standard InChI is InChI=1S/C19H17NOS/c1-13-3-4-16(11-14(13)2)18-5-6-19(22-18)17(21)12-15-7-9-20-10-8-15/h3-11H,12H2,1-2H3. The Balaban J connectivity index is 1.81. The molecule has 0 unspecified atom stereocenters. The van der Waals surface area contributed by atoms with Crippen molar-refractivity contribution in [2.45, 2.75) is 20.3 Å². The Morgan fingerprint density at radius 3 is 2.50 bits per heavy atom. The second-order valence-corrected chi connectivity index (χ2v) is 6.50. The number of nitrogens with zero attached hydrogens (tertiary/aromatic N) is 1. The molecule has 0 spiro atoms. The van der Waals surface area contributed by atoms with Gasteiger partial charge in [-0.3, -0.25) is 9.78 Å². The predicted octanol–water partition coefficient (Wildman–Crippen LogP) is 4.85. The Morgan fingerprint density at radius 2 is 1.77 bits per heavy atom. The van der Waals surface area contributed by atoms with Gasteiger partial charge < -0.3 is 0 Å². The van der Waals surface area contributed by atoms with Gasteiger partial charge in [-0.2, -0.15) is 0 Å². The molecule has 3 aromatic rings. The number of ketones is 1. The minimum absolute atomic E-state index is 0.159. The highest BCUT2D eigenvalue weighted by molar-refractivity contribution is 7.17. The van der Waals surface area contributed by atoms with E-state index in [2.05, 4.69) is 37.0 Å². The van der Waals surface area contributed by atoms with Crippen molar-refractivity contribution in [1.82, 2.24) is 4.98 Å². The Labute approximate surface area is 134 Å². The summed E-state index contributed by atoms with van der Waals surface area (Å²) in [7, 11) is 0. The first-order valence-corrected chi connectivity index (χ1v) is 8.05. The molecule has 0 atom stereocenters. The fourth-order valence-corrected chi connectivity index (χ4v) is 3.25. The lowest BCUT2D eigenvalue weighted by Gasteiger charge is -2.03. The molecule has 0 aliphatic carbocycles. The van der Waals surface area contributed by atoms with Crippen LogP contribution < -0.4 is 0 Å². The zero-order valence-corrected chi connectivity index (χ0v) is 13.5. The monoisotopic (exact) mass is 307 g/mol. The quantitative estimate of drug-likeness (QED) is 0.645. The normalized spacial score (nSPS) is 10.6. The molecule has 2 nitrogen and oxygen atoms in total. The van der Waals surface area contributed by atoms with E-state index in [1.807, 2.05) is 24.3 Å². The van der Waals surface area contributed by atoms with E-state index >= 15 is 0 Å². The average molecular weight is 307 g/mol. The maximum atomic E-state index is 12.4. The number of carbonyl (C=O) groups excluding carboxylic acids is 1. The van der Waals surface area contributed by atoms with Gasteiger partial charge >= 0.3 is 0 Å². The molecule has 22 heavy (non-hydrogen) atoms. The van der Waals surface area contributed by atoms with Crippen LogP contribution in [0.5, 0.6) is 0 Å². The van der Waals surface area contributed by atoms with E-state index < -0.39 is 0 Å². The topological polar surface area (TPSA) is 30.0 Å². The zero-order valence-electron chi connectivity index (χ0n) is 12.7. The summed E-state index contributed by atoms with van der Waals surface area (Å²) in [5.41, 5.74) is 4.74. The molecule has 0 fully saturated rings. The average Bonchev–Trinajstić information content (AvgIpc) is 3.01. The van der Waals surface area contributed by atoms with Gasteiger partial charge in [0.25, 0.3) is 0 Å².